The number of rotatable bonds is 20. The molecule has 0 aromatic rings. The van der Waals surface area contributed by atoms with Gasteiger partial charge in [-0.2, -0.15) is 0 Å². The van der Waals surface area contributed by atoms with Crippen LogP contribution in [0.4, 0.5) is 0 Å². The van der Waals surface area contributed by atoms with E-state index in [0.29, 0.717) is 12.8 Å². The van der Waals surface area contributed by atoms with Gasteiger partial charge in [0.2, 0.25) is 0 Å². The molecule has 0 amide bonds. The van der Waals surface area contributed by atoms with E-state index in [2.05, 4.69) is 13.0 Å². The molecule has 0 spiro atoms. The van der Waals surface area contributed by atoms with Crippen LogP contribution in [-0.4, -0.2) is 36.8 Å². The van der Waals surface area contributed by atoms with Crippen LogP contribution >= 0.6 is 0 Å². The van der Waals surface area contributed by atoms with Crippen molar-refractivity contribution in [1.82, 2.24) is 0 Å². The fraction of sp³-hybridized carbons (Fsp3) is 0.818. The van der Waals surface area contributed by atoms with Crippen molar-refractivity contribution in [3.05, 3.63) is 12.2 Å². The van der Waals surface area contributed by atoms with Crippen molar-refractivity contribution in [1.29, 1.82) is 0 Å². The summed E-state index contributed by atoms with van der Waals surface area (Å²) in [5.41, 5.74) is 0. The number of aliphatic carboxylic acids is 1. The summed E-state index contributed by atoms with van der Waals surface area (Å²) in [7, 11) is -5.15. The fourth-order valence-corrected chi connectivity index (χ4v) is 3.64. The van der Waals surface area contributed by atoms with Gasteiger partial charge in [0.25, 0.3) is 0 Å². The molecule has 0 N–H and O–H groups in total. The second-order valence-corrected chi connectivity index (χ2v) is 9.22. The summed E-state index contributed by atoms with van der Waals surface area (Å²) in [6, 6.07) is 0. The number of esters is 1. The number of carboxylic acid groups (broad SMARTS) is 1. The van der Waals surface area contributed by atoms with Gasteiger partial charge < -0.3 is 19.2 Å². The van der Waals surface area contributed by atoms with E-state index in [9.17, 15) is 27.7 Å². The standard InChI is InChI=1S/C22H40O7S.2Na/c1-2-3-4-5-6-7-8-9-10-11-12-13-14-15-16-17-18-29-21(23)19-20(22(24)25)30(26,27)28;;/h14-15,20H,2-13,16-19H2,1H3,(H,24,25)(H,26,27,28);;/q;2*+1/p-2/b15-14+;;. The van der Waals surface area contributed by atoms with Gasteiger partial charge in [0.15, 0.2) is 0 Å². The Morgan fingerprint density at radius 3 is 1.69 bits per heavy atom. The zero-order valence-corrected chi connectivity index (χ0v) is 25.1. The Morgan fingerprint density at radius 1 is 0.812 bits per heavy atom. The molecule has 10 heteroatoms. The smallest absolute Gasteiger partial charge is 0.747 e. The Hall–Kier alpha value is 0.590. The van der Waals surface area contributed by atoms with Crippen LogP contribution in [-0.2, 0) is 24.4 Å². The van der Waals surface area contributed by atoms with Crippen LogP contribution in [0.1, 0.15) is 103 Å². The molecule has 7 nitrogen and oxygen atoms in total. The number of unbranched alkanes of at least 4 members (excludes halogenated alkanes) is 12. The van der Waals surface area contributed by atoms with Gasteiger partial charge in [-0.3, -0.25) is 4.79 Å². The third-order valence-corrected chi connectivity index (χ3v) is 5.94. The molecule has 0 fully saturated rings. The molecule has 0 saturated heterocycles. The molecule has 0 aliphatic carbocycles. The first-order valence-electron chi connectivity index (χ1n) is 11.2. The number of carbonyl (C=O) groups is 2. The first-order chi connectivity index (χ1) is 14.3. The van der Waals surface area contributed by atoms with Gasteiger partial charge in [-0.1, -0.05) is 83.3 Å². The number of allylic oxidation sites excluding steroid dienone is 2. The predicted molar refractivity (Wildman–Crippen MR) is 114 cm³/mol. The largest absolute Gasteiger partial charge is 1.00 e. The molecular weight excluding hydrogens is 454 g/mol. The van der Waals surface area contributed by atoms with Crippen molar-refractivity contribution in [2.45, 2.75) is 108 Å². The molecule has 176 valence electrons. The zero-order valence-electron chi connectivity index (χ0n) is 20.3. The summed E-state index contributed by atoms with van der Waals surface area (Å²) in [4.78, 5) is 22.0. The third kappa shape index (κ3) is 23.7. The van der Waals surface area contributed by atoms with Gasteiger partial charge in [0.1, 0.15) is 10.1 Å². The number of ether oxygens (including phenoxy) is 1. The minimum Gasteiger partial charge on any atom is -0.747 e. The molecule has 0 radical (unpaired) electrons. The summed E-state index contributed by atoms with van der Waals surface area (Å²) in [5, 5.41) is 8.20. The second-order valence-electron chi connectivity index (χ2n) is 7.66. The van der Waals surface area contributed by atoms with Gasteiger partial charge in [0.05, 0.1) is 24.2 Å². The summed E-state index contributed by atoms with van der Waals surface area (Å²) < 4.78 is 37.0. The van der Waals surface area contributed by atoms with Crippen LogP contribution < -0.4 is 64.2 Å². The summed E-state index contributed by atoms with van der Waals surface area (Å²) in [6.45, 7) is 2.28. The van der Waals surface area contributed by atoms with Crippen LogP contribution in [0.15, 0.2) is 12.2 Å². The van der Waals surface area contributed by atoms with Crippen LogP contribution in [0.5, 0.6) is 0 Å². The molecule has 0 aliphatic heterocycles. The van der Waals surface area contributed by atoms with E-state index >= 15 is 0 Å². The van der Waals surface area contributed by atoms with E-state index in [1.165, 1.54) is 64.2 Å². The SMILES string of the molecule is CCCCCCCCCCCCC/C=C/CCCOC(=O)CC(C(=O)[O-])S(=O)(=O)[O-].[Na+].[Na+]. The van der Waals surface area contributed by atoms with E-state index < -0.39 is 33.7 Å². The third-order valence-electron chi connectivity index (χ3n) is 4.88. The minimum atomic E-state index is -5.15. The molecule has 0 saturated carbocycles. The van der Waals surface area contributed by atoms with E-state index in [-0.39, 0.29) is 65.7 Å². The van der Waals surface area contributed by atoms with E-state index in [1.807, 2.05) is 6.08 Å². The molecule has 1 unspecified atom stereocenters. The quantitative estimate of drug-likeness (QED) is 0.0612. The monoisotopic (exact) mass is 492 g/mol. The summed E-state index contributed by atoms with van der Waals surface area (Å²) >= 11 is 0. The molecule has 0 aliphatic rings. The normalized spacial score (nSPS) is 12.1. The van der Waals surface area contributed by atoms with Crippen LogP contribution in [0.3, 0.4) is 0 Å². The van der Waals surface area contributed by atoms with Crippen LogP contribution in [0, 0.1) is 0 Å². The van der Waals surface area contributed by atoms with Crippen LogP contribution in [0.2, 0.25) is 0 Å². The van der Waals surface area contributed by atoms with Crippen molar-refractivity contribution >= 4 is 22.1 Å². The van der Waals surface area contributed by atoms with Gasteiger partial charge in [0, 0.05) is 0 Å². The van der Waals surface area contributed by atoms with Crippen molar-refractivity contribution in [3.8, 4) is 0 Å². The Labute approximate surface area is 238 Å². The Balaban J connectivity index is -0.00000420. The van der Waals surface area contributed by atoms with Gasteiger partial charge in [-0.05, 0) is 25.7 Å². The maximum Gasteiger partial charge on any atom is 1.00 e. The van der Waals surface area contributed by atoms with Crippen LogP contribution in [0.25, 0.3) is 0 Å². The first-order valence-corrected chi connectivity index (χ1v) is 12.7. The number of carbonyl (C=O) groups excluding carboxylic acids is 2. The molecular formula is C22H38Na2O7S. The molecule has 0 rings (SSSR count). The maximum absolute atomic E-state index is 11.4. The Kier molecular flexibility index (Phi) is 28.7. The van der Waals surface area contributed by atoms with E-state index in [4.69, 9.17) is 4.74 Å². The minimum absolute atomic E-state index is 0. The first kappa shape index (κ1) is 37.1. The van der Waals surface area contributed by atoms with Gasteiger partial charge in [-0.15, -0.1) is 0 Å². The number of carboxylic acids is 1. The topological polar surface area (TPSA) is 124 Å². The fourth-order valence-electron chi connectivity index (χ4n) is 3.06. The average Bonchev–Trinajstić information content (AvgIpc) is 2.67. The van der Waals surface area contributed by atoms with Crippen molar-refractivity contribution in [2.24, 2.45) is 0 Å². The van der Waals surface area contributed by atoms with Gasteiger partial charge in [-0.25, -0.2) is 8.42 Å². The number of hydrogen-bond acceptors (Lipinski definition) is 7. The summed E-state index contributed by atoms with van der Waals surface area (Å²) in [5.74, 6) is -3.12. The van der Waals surface area contributed by atoms with E-state index in [1.54, 1.807) is 0 Å². The summed E-state index contributed by atoms with van der Waals surface area (Å²) in [6.07, 6.45) is 19.8. The predicted octanol–water partition coefficient (Wildman–Crippen LogP) is -2.37. The Morgan fingerprint density at radius 2 is 1.25 bits per heavy atom. The molecule has 32 heavy (non-hydrogen) atoms. The van der Waals surface area contributed by atoms with Gasteiger partial charge >= 0.3 is 65.1 Å². The van der Waals surface area contributed by atoms with Crippen molar-refractivity contribution in [2.75, 3.05) is 6.61 Å². The molecule has 1 atom stereocenters. The molecule has 0 aromatic carbocycles. The molecule has 0 aromatic heterocycles. The maximum atomic E-state index is 11.4. The van der Waals surface area contributed by atoms with Crippen molar-refractivity contribution < 1.29 is 91.5 Å². The second kappa shape index (κ2) is 24.7. The van der Waals surface area contributed by atoms with E-state index in [0.717, 1.165) is 12.8 Å². The molecule has 0 heterocycles. The zero-order chi connectivity index (χ0) is 22.7. The average molecular weight is 493 g/mol. The number of hydrogen-bond donors (Lipinski definition) is 0. The Bertz CT molecular complexity index is 595. The van der Waals surface area contributed by atoms with Crippen molar-refractivity contribution in [3.63, 3.8) is 0 Å². The molecule has 0 bridgehead atoms.